The minimum atomic E-state index is -0.631. The average molecular weight is 478 g/mol. The Kier molecular flexibility index (Phi) is 8.34. The number of methoxy groups -OCH3 is 5. The van der Waals surface area contributed by atoms with Crippen LogP contribution in [0.4, 0.5) is 0 Å². The number of carbonyl (C=O) groups excluding carboxylic acids is 2. The van der Waals surface area contributed by atoms with E-state index in [1.165, 1.54) is 53.8 Å². The molecule has 3 aromatic rings. The number of ether oxygens (including phenoxy) is 6. The van der Waals surface area contributed by atoms with Gasteiger partial charge in [0.1, 0.15) is 17.2 Å². The summed E-state index contributed by atoms with van der Waals surface area (Å²) in [6, 6.07) is 14.8. The predicted molar refractivity (Wildman–Crippen MR) is 130 cm³/mol. The van der Waals surface area contributed by atoms with Crippen LogP contribution in [0, 0.1) is 0 Å². The van der Waals surface area contributed by atoms with Crippen LogP contribution in [0.2, 0.25) is 0 Å². The van der Waals surface area contributed by atoms with Gasteiger partial charge in [-0.3, -0.25) is 4.79 Å². The predicted octanol–water partition coefficient (Wildman–Crippen LogP) is 4.84. The normalized spacial score (nSPS) is 10.5. The highest BCUT2D eigenvalue weighted by molar-refractivity contribution is 6.09. The summed E-state index contributed by atoms with van der Waals surface area (Å²) in [5.74, 6) is 1.34. The SMILES string of the molecule is COc1ccc(C(=O)/C=C/c2ccccc2OC(=O)c2cc(OC)c(OC)c(OC)c2)c(OC)c1. The van der Waals surface area contributed by atoms with Crippen molar-refractivity contribution in [3.63, 3.8) is 0 Å². The van der Waals surface area contributed by atoms with Crippen LogP contribution in [0.15, 0.2) is 60.7 Å². The molecule has 0 aromatic heterocycles. The minimum Gasteiger partial charge on any atom is -0.497 e. The summed E-state index contributed by atoms with van der Waals surface area (Å²) in [6.07, 6.45) is 2.96. The van der Waals surface area contributed by atoms with Gasteiger partial charge in [-0.1, -0.05) is 18.2 Å². The molecule has 0 aliphatic rings. The lowest BCUT2D eigenvalue weighted by Gasteiger charge is -2.14. The van der Waals surface area contributed by atoms with Gasteiger partial charge < -0.3 is 28.4 Å². The fraction of sp³-hybridized carbons (Fsp3) is 0.185. The summed E-state index contributed by atoms with van der Waals surface area (Å²) in [5, 5.41) is 0. The van der Waals surface area contributed by atoms with E-state index in [4.69, 9.17) is 28.4 Å². The Morgan fingerprint density at radius 3 is 1.94 bits per heavy atom. The Balaban J connectivity index is 1.86. The van der Waals surface area contributed by atoms with Crippen molar-refractivity contribution in [1.29, 1.82) is 0 Å². The summed E-state index contributed by atoms with van der Waals surface area (Å²) in [6.45, 7) is 0. The van der Waals surface area contributed by atoms with Crippen molar-refractivity contribution >= 4 is 17.8 Å². The van der Waals surface area contributed by atoms with Gasteiger partial charge in [0, 0.05) is 11.6 Å². The van der Waals surface area contributed by atoms with Gasteiger partial charge in [0.15, 0.2) is 17.3 Å². The van der Waals surface area contributed by atoms with E-state index in [1.807, 2.05) is 0 Å². The van der Waals surface area contributed by atoms with Gasteiger partial charge in [-0.25, -0.2) is 4.79 Å². The highest BCUT2D eigenvalue weighted by Crippen LogP contribution is 2.38. The van der Waals surface area contributed by atoms with E-state index in [9.17, 15) is 9.59 Å². The molecule has 182 valence electrons. The number of allylic oxidation sites excluding steroid dienone is 1. The maximum absolute atomic E-state index is 12.9. The van der Waals surface area contributed by atoms with Crippen LogP contribution in [0.3, 0.4) is 0 Å². The third-order valence-electron chi connectivity index (χ3n) is 5.11. The highest BCUT2D eigenvalue weighted by atomic mass is 16.5. The molecule has 8 nitrogen and oxygen atoms in total. The first-order valence-corrected chi connectivity index (χ1v) is 10.5. The van der Waals surface area contributed by atoms with E-state index in [1.54, 1.807) is 48.5 Å². The standard InChI is InChI=1S/C27H26O8/c1-30-19-11-12-20(23(16-19)31-2)21(28)13-10-17-8-6-7-9-22(17)35-27(29)18-14-24(32-3)26(34-5)25(15-18)33-4/h6-16H,1-5H3/b13-10+. The van der Waals surface area contributed by atoms with Gasteiger partial charge in [0.2, 0.25) is 5.75 Å². The third-order valence-corrected chi connectivity index (χ3v) is 5.11. The molecule has 0 heterocycles. The molecule has 0 amide bonds. The van der Waals surface area contributed by atoms with Crippen LogP contribution < -0.4 is 28.4 Å². The molecule has 35 heavy (non-hydrogen) atoms. The molecular formula is C27H26O8. The van der Waals surface area contributed by atoms with Gasteiger partial charge in [0.05, 0.1) is 46.7 Å². The first-order valence-electron chi connectivity index (χ1n) is 10.5. The second-order valence-corrected chi connectivity index (χ2v) is 7.11. The quantitative estimate of drug-likeness (QED) is 0.177. The van der Waals surface area contributed by atoms with Crippen LogP contribution in [0.1, 0.15) is 26.3 Å². The Morgan fingerprint density at radius 1 is 0.686 bits per heavy atom. The first kappa shape index (κ1) is 25.2. The summed E-state index contributed by atoms with van der Waals surface area (Å²) in [7, 11) is 7.41. The number of para-hydroxylation sites is 1. The lowest BCUT2D eigenvalue weighted by Crippen LogP contribution is -2.10. The number of ketones is 1. The average Bonchev–Trinajstić information content (AvgIpc) is 2.90. The molecule has 0 N–H and O–H groups in total. The number of carbonyl (C=O) groups is 2. The van der Waals surface area contributed by atoms with Crippen LogP contribution >= 0.6 is 0 Å². The molecule has 0 unspecified atom stereocenters. The molecule has 0 saturated heterocycles. The van der Waals surface area contributed by atoms with E-state index in [2.05, 4.69) is 0 Å². The summed E-state index contributed by atoms with van der Waals surface area (Å²) in [5.41, 5.74) is 1.11. The molecule has 0 saturated carbocycles. The molecule has 0 aliphatic carbocycles. The Morgan fingerprint density at radius 2 is 1.34 bits per heavy atom. The van der Waals surface area contributed by atoms with Gasteiger partial charge in [-0.15, -0.1) is 0 Å². The van der Waals surface area contributed by atoms with Gasteiger partial charge in [-0.05, 0) is 42.5 Å². The van der Waals surface area contributed by atoms with Crippen LogP contribution in [0.25, 0.3) is 6.08 Å². The number of esters is 1. The fourth-order valence-corrected chi connectivity index (χ4v) is 3.33. The minimum absolute atomic E-state index is 0.206. The molecular weight excluding hydrogens is 452 g/mol. The Hall–Kier alpha value is -4.46. The molecule has 8 heteroatoms. The van der Waals surface area contributed by atoms with E-state index >= 15 is 0 Å². The molecule has 3 aromatic carbocycles. The maximum atomic E-state index is 12.9. The topological polar surface area (TPSA) is 89.5 Å². The zero-order valence-corrected chi connectivity index (χ0v) is 20.1. The Labute approximate surface area is 203 Å². The van der Waals surface area contributed by atoms with Crippen molar-refractivity contribution in [3.8, 4) is 34.5 Å². The van der Waals surface area contributed by atoms with Crippen molar-refractivity contribution in [2.24, 2.45) is 0 Å². The monoisotopic (exact) mass is 478 g/mol. The molecule has 0 radical (unpaired) electrons. The van der Waals surface area contributed by atoms with Crippen LogP contribution in [-0.4, -0.2) is 47.3 Å². The van der Waals surface area contributed by atoms with Crippen molar-refractivity contribution in [3.05, 3.63) is 77.4 Å². The molecule has 0 spiro atoms. The zero-order valence-electron chi connectivity index (χ0n) is 20.1. The maximum Gasteiger partial charge on any atom is 0.343 e. The second-order valence-electron chi connectivity index (χ2n) is 7.11. The van der Waals surface area contributed by atoms with Gasteiger partial charge in [0.25, 0.3) is 0 Å². The molecule has 0 fully saturated rings. The lowest BCUT2D eigenvalue weighted by atomic mass is 10.1. The lowest BCUT2D eigenvalue weighted by molar-refractivity contribution is 0.0733. The summed E-state index contributed by atoms with van der Waals surface area (Å²) in [4.78, 5) is 25.7. The molecule has 0 atom stereocenters. The highest BCUT2D eigenvalue weighted by Gasteiger charge is 2.19. The number of hydrogen-bond donors (Lipinski definition) is 0. The molecule has 0 aliphatic heterocycles. The second kappa shape index (κ2) is 11.6. The van der Waals surface area contributed by atoms with E-state index in [-0.39, 0.29) is 17.1 Å². The number of rotatable bonds is 10. The number of benzene rings is 3. The van der Waals surface area contributed by atoms with E-state index < -0.39 is 5.97 Å². The van der Waals surface area contributed by atoms with E-state index in [0.717, 1.165) is 0 Å². The zero-order chi connectivity index (χ0) is 25.4. The first-order chi connectivity index (χ1) is 16.9. The van der Waals surface area contributed by atoms with Crippen molar-refractivity contribution in [1.82, 2.24) is 0 Å². The number of hydrogen-bond acceptors (Lipinski definition) is 8. The Bertz CT molecular complexity index is 1220. The fourth-order valence-electron chi connectivity index (χ4n) is 3.33. The van der Waals surface area contributed by atoms with Gasteiger partial charge >= 0.3 is 5.97 Å². The van der Waals surface area contributed by atoms with E-state index in [0.29, 0.717) is 39.9 Å². The summed E-state index contributed by atoms with van der Waals surface area (Å²) >= 11 is 0. The van der Waals surface area contributed by atoms with Crippen LogP contribution in [-0.2, 0) is 0 Å². The smallest absolute Gasteiger partial charge is 0.343 e. The van der Waals surface area contributed by atoms with Crippen molar-refractivity contribution in [2.75, 3.05) is 35.5 Å². The van der Waals surface area contributed by atoms with Crippen molar-refractivity contribution in [2.45, 2.75) is 0 Å². The molecule has 0 bridgehead atoms. The summed E-state index contributed by atoms with van der Waals surface area (Å²) < 4.78 is 32.0. The van der Waals surface area contributed by atoms with Crippen LogP contribution in [0.5, 0.6) is 34.5 Å². The van der Waals surface area contributed by atoms with Gasteiger partial charge in [-0.2, -0.15) is 0 Å². The molecule has 3 rings (SSSR count). The largest absolute Gasteiger partial charge is 0.497 e. The van der Waals surface area contributed by atoms with Crippen molar-refractivity contribution < 1.29 is 38.0 Å². The third kappa shape index (κ3) is 5.73.